The van der Waals surface area contributed by atoms with E-state index < -0.39 is 0 Å². The van der Waals surface area contributed by atoms with Gasteiger partial charge in [0, 0.05) is 37.4 Å². The molecule has 0 bridgehead atoms. The number of nitrogens with one attached hydrogen (secondary N) is 1. The number of piperidine rings is 1. The molecule has 100 valence electrons. The molecular formula is C15H19N3O. The minimum Gasteiger partial charge on any atom is -0.371 e. The molecule has 1 N–H and O–H groups in total. The quantitative estimate of drug-likeness (QED) is 0.913. The number of rotatable bonds is 4. The first-order chi connectivity index (χ1) is 9.42. The number of para-hydroxylation sites is 1. The van der Waals surface area contributed by atoms with Gasteiger partial charge in [-0.2, -0.15) is 0 Å². The lowest BCUT2D eigenvalue weighted by atomic mass is 10.0. The molecule has 4 nitrogen and oxygen atoms in total. The molecule has 1 aromatic heterocycles. The summed E-state index contributed by atoms with van der Waals surface area (Å²) in [5.41, 5.74) is 2.31. The maximum atomic E-state index is 4.83. The van der Waals surface area contributed by atoms with Gasteiger partial charge in [0.2, 0.25) is 0 Å². The van der Waals surface area contributed by atoms with E-state index in [-0.39, 0.29) is 0 Å². The normalized spacial score (nSPS) is 16.7. The highest BCUT2D eigenvalue weighted by molar-refractivity contribution is 5.46. The number of aromatic nitrogens is 1. The first kappa shape index (κ1) is 12.2. The highest BCUT2D eigenvalue weighted by Gasteiger charge is 2.18. The molecule has 1 fully saturated rings. The summed E-state index contributed by atoms with van der Waals surface area (Å²) in [7, 11) is 0. The van der Waals surface area contributed by atoms with Crippen LogP contribution in [0, 0.1) is 0 Å². The second-order valence-electron chi connectivity index (χ2n) is 4.97. The summed E-state index contributed by atoms with van der Waals surface area (Å²) in [6.45, 7) is 3.02. The molecule has 0 saturated carbocycles. The Bertz CT molecular complexity index is 475. The first-order valence-electron chi connectivity index (χ1n) is 6.84. The van der Waals surface area contributed by atoms with Crippen molar-refractivity contribution >= 4 is 5.69 Å². The average molecular weight is 257 g/mol. The molecule has 0 atom stereocenters. The van der Waals surface area contributed by atoms with Crippen LogP contribution >= 0.6 is 0 Å². The Morgan fingerprint density at radius 3 is 2.63 bits per heavy atom. The van der Waals surface area contributed by atoms with E-state index in [2.05, 4.69) is 45.7 Å². The van der Waals surface area contributed by atoms with Crippen LogP contribution in [-0.2, 0) is 6.54 Å². The van der Waals surface area contributed by atoms with Gasteiger partial charge in [0.1, 0.15) is 6.26 Å². The van der Waals surface area contributed by atoms with Crippen molar-refractivity contribution in [1.82, 2.24) is 10.5 Å². The summed E-state index contributed by atoms with van der Waals surface area (Å²) >= 11 is 0. The summed E-state index contributed by atoms with van der Waals surface area (Å²) in [6.07, 6.45) is 3.97. The third-order valence-corrected chi connectivity index (χ3v) is 3.68. The van der Waals surface area contributed by atoms with Gasteiger partial charge in [-0.3, -0.25) is 0 Å². The summed E-state index contributed by atoms with van der Waals surface area (Å²) in [5.74, 6) is 0. The van der Waals surface area contributed by atoms with Gasteiger partial charge in [-0.25, -0.2) is 0 Å². The van der Waals surface area contributed by atoms with Gasteiger partial charge < -0.3 is 14.7 Å². The molecule has 0 amide bonds. The van der Waals surface area contributed by atoms with Gasteiger partial charge >= 0.3 is 0 Å². The SMILES string of the molecule is c1ccc(N2CCC(NCc3ccon3)CC2)cc1. The molecule has 0 radical (unpaired) electrons. The predicted molar refractivity (Wildman–Crippen MR) is 75.0 cm³/mol. The maximum absolute atomic E-state index is 4.83. The van der Waals surface area contributed by atoms with Crippen molar-refractivity contribution in [3.05, 3.63) is 48.4 Å². The van der Waals surface area contributed by atoms with Crippen molar-refractivity contribution in [3.63, 3.8) is 0 Å². The zero-order valence-corrected chi connectivity index (χ0v) is 11.0. The average Bonchev–Trinajstić information content (AvgIpc) is 3.00. The number of anilines is 1. The van der Waals surface area contributed by atoms with Gasteiger partial charge in [-0.15, -0.1) is 0 Å². The minimum absolute atomic E-state index is 0.580. The molecule has 1 aromatic carbocycles. The summed E-state index contributed by atoms with van der Waals surface area (Å²) in [5, 5.41) is 7.46. The molecule has 1 aliphatic heterocycles. The van der Waals surface area contributed by atoms with Crippen molar-refractivity contribution in [2.24, 2.45) is 0 Å². The van der Waals surface area contributed by atoms with E-state index in [9.17, 15) is 0 Å². The van der Waals surface area contributed by atoms with Gasteiger partial charge in [0.05, 0.1) is 5.69 Å². The van der Waals surface area contributed by atoms with Crippen LogP contribution < -0.4 is 10.2 Å². The van der Waals surface area contributed by atoms with Gasteiger partial charge in [-0.05, 0) is 25.0 Å². The van der Waals surface area contributed by atoms with E-state index in [1.54, 1.807) is 6.26 Å². The summed E-state index contributed by atoms with van der Waals surface area (Å²) in [4.78, 5) is 2.45. The van der Waals surface area contributed by atoms with Crippen molar-refractivity contribution in [3.8, 4) is 0 Å². The van der Waals surface area contributed by atoms with Crippen LogP contribution in [0.2, 0.25) is 0 Å². The fourth-order valence-electron chi connectivity index (χ4n) is 2.56. The maximum Gasteiger partial charge on any atom is 0.124 e. The Morgan fingerprint density at radius 1 is 1.16 bits per heavy atom. The summed E-state index contributed by atoms with van der Waals surface area (Å²) < 4.78 is 4.83. The van der Waals surface area contributed by atoms with Crippen LogP contribution in [0.3, 0.4) is 0 Å². The van der Waals surface area contributed by atoms with E-state index in [0.717, 1.165) is 25.3 Å². The van der Waals surface area contributed by atoms with Crippen molar-refractivity contribution in [2.45, 2.75) is 25.4 Å². The van der Waals surface area contributed by atoms with Gasteiger partial charge in [0.15, 0.2) is 0 Å². The lowest BCUT2D eigenvalue weighted by Gasteiger charge is -2.34. The lowest BCUT2D eigenvalue weighted by molar-refractivity contribution is 0.387. The van der Waals surface area contributed by atoms with Crippen molar-refractivity contribution in [1.29, 1.82) is 0 Å². The monoisotopic (exact) mass is 257 g/mol. The molecular weight excluding hydrogens is 238 g/mol. The van der Waals surface area contributed by atoms with Crippen LogP contribution in [0.4, 0.5) is 5.69 Å². The van der Waals surface area contributed by atoms with Gasteiger partial charge in [0.25, 0.3) is 0 Å². The predicted octanol–water partition coefficient (Wildman–Crippen LogP) is 2.43. The smallest absolute Gasteiger partial charge is 0.124 e. The van der Waals surface area contributed by atoms with Crippen LogP contribution in [-0.4, -0.2) is 24.3 Å². The lowest BCUT2D eigenvalue weighted by Crippen LogP contribution is -2.42. The second-order valence-corrected chi connectivity index (χ2v) is 4.97. The zero-order chi connectivity index (χ0) is 12.9. The van der Waals surface area contributed by atoms with E-state index >= 15 is 0 Å². The molecule has 3 rings (SSSR count). The largest absolute Gasteiger partial charge is 0.371 e. The zero-order valence-electron chi connectivity index (χ0n) is 11.0. The Kier molecular flexibility index (Phi) is 3.79. The van der Waals surface area contributed by atoms with Crippen molar-refractivity contribution < 1.29 is 4.52 Å². The van der Waals surface area contributed by atoms with Gasteiger partial charge in [-0.1, -0.05) is 23.4 Å². The van der Waals surface area contributed by atoms with E-state index in [1.165, 1.54) is 18.5 Å². The van der Waals surface area contributed by atoms with Crippen LogP contribution in [0.5, 0.6) is 0 Å². The third-order valence-electron chi connectivity index (χ3n) is 3.68. The molecule has 2 aromatic rings. The molecule has 4 heteroatoms. The topological polar surface area (TPSA) is 41.3 Å². The first-order valence-corrected chi connectivity index (χ1v) is 6.84. The van der Waals surface area contributed by atoms with E-state index in [1.807, 2.05) is 6.07 Å². The fourth-order valence-corrected chi connectivity index (χ4v) is 2.56. The van der Waals surface area contributed by atoms with Crippen LogP contribution in [0.25, 0.3) is 0 Å². The molecule has 19 heavy (non-hydrogen) atoms. The third kappa shape index (κ3) is 3.15. The van der Waals surface area contributed by atoms with E-state index in [4.69, 9.17) is 4.52 Å². The highest BCUT2D eigenvalue weighted by atomic mass is 16.5. The molecule has 2 heterocycles. The molecule has 1 aliphatic rings. The van der Waals surface area contributed by atoms with Crippen LogP contribution in [0.1, 0.15) is 18.5 Å². The number of benzene rings is 1. The standard InChI is InChI=1S/C15H19N3O/c1-2-4-15(5-3-1)18-9-6-13(7-10-18)16-12-14-8-11-19-17-14/h1-5,8,11,13,16H,6-7,9-10,12H2. The number of hydrogen-bond donors (Lipinski definition) is 1. The second kappa shape index (κ2) is 5.89. The van der Waals surface area contributed by atoms with Crippen molar-refractivity contribution in [2.75, 3.05) is 18.0 Å². The van der Waals surface area contributed by atoms with E-state index in [0.29, 0.717) is 6.04 Å². The number of hydrogen-bond acceptors (Lipinski definition) is 4. The molecule has 0 aliphatic carbocycles. The Balaban J connectivity index is 1.47. The molecule has 1 saturated heterocycles. The Morgan fingerprint density at radius 2 is 1.95 bits per heavy atom. The minimum atomic E-state index is 0.580. The number of nitrogens with zero attached hydrogens (tertiary/aromatic N) is 2. The van der Waals surface area contributed by atoms with Crippen LogP contribution in [0.15, 0.2) is 47.2 Å². The highest BCUT2D eigenvalue weighted by Crippen LogP contribution is 2.19. The molecule has 0 unspecified atom stereocenters. The Labute approximate surface area is 113 Å². The summed E-state index contributed by atoms with van der Waals surface area (Å²) in [6, 6.07) is 13.1. The Hall–Kier alpha value is -1.81. The molecule has 0 spiro atoms. The fraction of sp³-hybridized carbons (Fsp3) is 0.400.